The van der Waals surface area contributed by atoms with Gasteiger partial charge in [-0.25, -0.2) is 0 Å². The van der Waals surface area contributed by atoms with Crippen LogP contribution >= 0.6 is 11.3 Å². The fraction of sp³-hybridized carbons (Fsp3) is 0.487. The molecule has 0 unspecified atom stereocenters. The summed E-state index contributed by atoms with van der Waals surface area (Å²) in [6.45, 7) is 49.6. The summed E-state index contributed by atoms with van der Waals surface area (Å²) >= 11 is 2.17. The Morgan fingerprint density at radius 2 is 0.771 bits per heavy atom. The molecule has 0 amide bonds. The zero-order valence-electron chi connectivity index (χ0n) is 54.5. The van der Waals surface area contributed by atoms with Crippen molar-refractivity contribution in [3.63, 3.8) is 0 Å². The van der Waals surface area contributed by atoms with Crippen LogP contribution in [0.4, 0.5) is 51.2 Å². The Labute approximate surface area is 505 Å². The molecule has 7 aromatic rings. The SMILES string of the molecule is CC(C)c1ccc(N(c2ccc(C(C)C)cc2)c2cc3c4c(c2)N(c2ccc5c(c2)C(C)(C)CCC5(C)C)c2c(sc5c2C(C)(C)CCC5(C)C)B4c2cc4c(cc2N3c2ccc3c(c2)C(C)(C)CCC3(C)C)C(C)(C)CCC4(C)C)cc1. The Hall–Kier alpha value is -5.52. The van der Waals surface area contributed by atoms with Crippen molar-refractivity contribution in [3.8, 4) is 0 Å². The Morgan fingerprint density at radius 3 is 1.23 bits per heavy atom. The van der Waals surface area contributed by atoms with Gasteiger partial charge >= 0.3 is 0 Å². The largest absolute Gasteiger partial charge is 0.311 e. The van der Waals surface area contributed by atoms with Crippen LogP contribution < -0.4 is 30.4 Å². The summed E-state index contributed by atoms with van der Waals surface area (Å²) in [7, 11) is 0. The number of hydrogen-bond donors (Lipinski definition) is 0. The van der Waals surface area contributed by atoms with E-state index in [2.05, 4.69) is 274 Å². The zero-order valence-corrected chi connectivity index (χ0v) is 55.3. The van der Waals surface area contributed by atoms with E-state index in [0.717, 1.165) is 12.8 Å². The van der Waals surface area contributed by atoms with Crippen LogP contribution in [0.2, 0.25) is 0 Å². The summed E-state index contributed by atoms with van der Waals surface area (Å²) in [5.41, 5.74) is 27.9. The highest BCUT2D eigenvalue weighted by atomic mass is 32.1. The van der Waals surface area contributed by atoms with Gasteiger partial charge in [0.15, 0.2) is 0 Å². The van der Waals surface area contributed by atoms with E-state index in [1.165, 1.54) is 150 Å². The summed E-state index contributed by atoms with van der Waals surface area (Å²) in [6, 6.07) is 45.3. The molecule has 0 atom stereocenters. The number of benzene rings is 6. The molecular formula is C78H96BN3S. The van der Waals surface area contributed by atoms with Gasteiger partial charge in [0.1, 0.15) is 0 Å². The van der Waals surface area contributed by atoms with Gasteiger partial charge in [-0.2, -0.15) is 11.3 Å². The third kappa shape index (κ3) is 8.73. The van der Waals surface area contributed by atoms with Gasteiger partial charge in [-0.05, 0) is 234 Å². The van der Waals surface area contributed by atoms with E-state index >= 15 is 0 Å². The van der Waals surface area contributed by atoms with Crippen LogP contribution in [-0.4, -0.2) is 6.71 Å². The van der Waals surface area contributed by atoms with Crippen molar-refractivity contribution >= 4 is 84.9 Å². The average Bonchev–Trinajstić information content (AvgIpc) is 2.55. The molecule has 3 heterocycles. The van der Waals surface area contributed by atoms with Crippen molar-refractivity contribution in [2.24, 2.45) is 0 Å². The van der Waals surface area contributed by atoms with Gasteiger partial charge in [0, 0.05) is 49.5 Å². The van der Waals surface area contributed by atoms with E-state index < -0.39 is 0 Å². The first-order valence-corrected chi connectivity index (χ1v) is 33.0. The minimum atomic E-state index is -0.0436. The second-order valence-corrected chi connectivity index (χ2v) is 33.9. The quantitative estimate of drug-likeness (QED) is 0.147. The van der Waals surface area contributed by atoms with E-state index in [9.17, 15) is 0 Å². The molecule has 0 saturated carbocycles. The van der Waals surface area contributed by atoms with Gasteiger partial charge < -0.3 is 14.7 Å². The molecule has 0 spiro atoms. The van der Waals surface area contributed by atoms with Crippen LogP contribution in [-0.2, 0) is 43.3 Å². The highest BCUT2D eigenvalue weighted by Crippen LogP contribution is 2.60. The molecule has 0 N–H and O–H groups in total. The van der Waals surface area contributed by atoms with Crippen LogP contribution in [0, 0.1) is 0 Å². The first-order chi connectivity index (χ1) is 38.7. The number of rotatable bonds is 7. The Balaban J connectivity index is 1.21. The second kappa shape index (κ2) is 18.5. The monoisotopic (exact) mass is 1120 g/mol. The second-order valence-electron chi connectivity index (χ2n) is 32.8. The molecule has 6 aliphatic rings. The molecule has 13 rings (SSSR count). The summed E-state index contributed by atoms with van der Waals surface area (Å²) < 4.78 is 1.52. The van der Waals surface area contributed by atoms with Crippen LogP contribution in [0.3, 0.4) is 0 Å². The molecule has 0 saturated heterocycles. The molecule has 83 heavy (non-hydrogen) atoms. The van der Waals surface area contributed by atoms with Crippen molar-refractivity contribution in [1.82, 2.24) is 0 Å². The first kappa shape index (κ1) is 56.6. The highest BCUT2D eigenvalue weighted by Gasteiger charge is 2.53. The third-order valence-electron chi connectivity index (χ3n) is 22.6. The zero-order chi connectivity index (χ0) is 59.3. The number of hydrogen-bond acceptors (Lipinski definition) is 4. The van der Waals surface area contributed by atoms with Gasteiger partial charge in [-0.15, -0.1) is 0 Å². The topological polar surface area (TPSA) is 9.72 Å². The summed E-state index contributed by atoms with van der Waals surface area (Å²) in [6.07, 6.45) is 9.38. The van der Waals surface area contributed by atoms with E-state index in [0.29, 0.717) is 11.8 Å². The number of thiophene rings is 1. The summed E-state index contributed by atoms with van der Waals surface area (Å²) in [4.78, 5) is 9.81. The molecule has 0 radical (unpaired) electrons. The van der Waals surface area contributed by atoms with Crippen LogP contribution in [0.25, 0.3) is 0 Å². The van der Waals surface area contributed by atoms with Crippen molar-refractivity contribution in [3.05, 3.63) is 164 Å². The predicted molar refractivity (Wildman–Crippen MR) is 362 cm³/mol. The maximum atomic E-state index is 2.85. The van der Waals surface area contributed by atoms with E-state index in [-0.39, 0.29) is 50.0 Å². The van der Waals surface area contributed by atoms with Crippen LogP contribution in [0.5, 0.6) is 0 Å². The summed E-state index contributed by atoms with van der Waals surface area (Å²) in [5, 5.41) is 0. The summed E-state index contributed by atoms with van der Waals surface area (Å²) in [5.74, 6) is 0.853. The molecule has 2 aliphatic heterocycles. The molecule has 432 valence electrons. The number of nitrogens with zero attached hydrogens (tertiary/aromatic N) is 3. The Bertz CT molecular complexity index is 3730. The van der Waals surface area contributed by atoms with Gasteiger partial charge in [0.05, 0.1) is 11.4 Å². The molecule has 3 nitrogen and oxygen atoms in total. The fourth-order valence-electron chi connectivity index (χ4n) is 16.4. The number of fused-ring (bicyclic) bond motifs is 9. The predicted octanol–water partition coefficient (Wildman–Crippen LogP) is 20.9. The van der Waals surface area contributed by atoms with Gasteiger partial charge in [0.25, 0.3) is 6.71 Å². The van der Waals surface area contributed by atoms with Crippen molar-refractivity contribution in [1.29, 1.82) is 0 Å². The standard InChI is InChI=1S/C78H96BN3S/c1-47(2)49-21-25-51(26-22-49)80(52-27-23-50(24-28-52)48(3)4)55-43-64-67-65(44-55)82(54-30-32-57-59(42-54)74(11,12)36-34-72(57,7)8)68-66-69(78(19,20)40-39-77(66,17)18)83-70(68)79(67)62-45-60-61(76(15,16)38-37-75(60,13)14)46-63(62)81(64)53-29-31-56-58(41-53)73(9,10)35-33-71(56,5)6/h21-32,41-48H,33-40H2,1-20H3. The van der Waals surface area contributed by atoms with E-state index in [1.807, 2.05) is 0 Å². The minimum Gasteiger partial charge on any atom is -0.311 e. The highest BCUT2D eigenvalue weighted by molar-refractivity contribution is 7.29. The third-order valence-corrected chi connectivity index (χ3v) is 24.2. The van der Waals surface area contributed by atoms with Crippen molar-refractivity contribution in [2.75, 3.05) is 14.7 Å². The average molecular weight is 1120 g/mol. The van der Waals surface area contributed by atoms with E-state index in [4.69, 9.17) is 0 Å². The van der Waals surface area contributed by atoms with Gasteiger partial charge in [-0.1, -0.05) is 181 Å². The van der Waals surface area contributed by atoms with Crippen molar-refractivity contribution in [2.45, 2.75) is 245 Å². The molecule has 4 aliphatic carbocycles. The maximum absolute atomic E-state index is 2.85. The van der Waals surface area contributed by atoms with E-state index in [1.54, 1.807) is 10.4 Å². The van der Waals surface area contributed by atoms with Gasteiger partial charge in [-0.3, -0.25) is 0 Å². The molecule has 0 bridgehead atoms. The maximum Gasteiger partial charge on any atom is 0.264 e. The van der Waals surface area contributed by atoms with Gasteiger partial charge in [0.2, 0.25) is 0 Å². The Morgan fingerprint density at radius 1 is 0.386 bits per heavy atom. The lowest BCUT2D eigenvalue weighted by Gasteiger charge is -2.48. The molecule has 5 heteroatoms. The van der Waals surface area contributed by atoms with Crippen LogP contribution in [0.15, 0.2) is 109 Å². The molecule has 1 aromatic heterocycles. The number of anilines is 9. The molecular weight excluding hydrogens is 1020 g/mol. The normalized spacial score (nSPS) is 21.1. The lowest BCUT2D eigenvalue weighted by Crippen LogP contribution is -2.61. The first-order valence-electron chi connectivity index (χ1n) is 32.2. The van der Waals surface area contributed by atoms with Crippen LogP contribution in [0.1, 0.15) is 257 Å². The fourth-order valence-corrected chi connectivity index (χ4v) is 18.1. The molecule has 6 aromatic carbocycles. The lowest BCUT2D eigenvalue weighted by molar-refractivity contribution is 0.332. The molecule has 0 fully saturated rings. The van der Waals surface area contributed by atoms with Crippen molar-refractivity contribution < 1.29 is 0 Å². The lowest BCUT2D eigenvalue weighted by atomic mass is 9.35. The Kier molecular flexibility index (Phi) is 12.6. The minimum absolute atomic E-state index is 0.0151. The smallest absolute Gasteiger partial charge is 0.264 e.